The molecule has 2 aromatic carbocycles. The Balaban J connectivity index is 1.56. The molecular formula is C25H22ClN5O3S. The van der Waals surface area contributed by atoms with Crippen LogP contribution in [0.25, 0.3) is 17.1 Å². The molecule has 0 radical (unpaired) electrons. The van der Waals surface area contributed by atoms with Gasteiger partial charge in [-0.05, 0) is 42.3 Å². The average Bonchev–Trinajstić information content (AvgIpc) is 3.29. The van der Waals surface area contributed by atoms with Gasteiger partial charge in [0.05, 0.1) is 11.4 Å². The summed E-state index contributed by atoms with van der Waals surface area (Å²) in [5.41, 5.74) is 3.25. The van der Waals surface area contributed by atoms with Gasteiger partial charge in [0.25, 0.3) is 0 Å². The third kappa shape index (κ3) is 5.87. The number of carbonyl (C=O) groups is 2. The number of nitrogens with one attached hydrogen (secondary N) is 1. The number of hydrogen-bond donors (Lipinski definition) is 2. The van der Waals surface area contributed by atoms with E-state index in [4.69, 9.17) is 11.6 Å². The number of nitrogens with zero attached hydrogens (tertiary/aromatic N) is 4. The molecular weight excluding hydrogens is 486 g/mol. The summed E-state index contributed by atoms with van der Waals surface area (Å²) in [6, 6.07) is 17.3. The number of carboxylic acid groups (broad SMARTS) is 1. The second-order valence-electron chi connectivity index (χ2n) is 7.70. The van der Waals surface area contributed by atoms with E-state index in [1.165, 1.54) is 11.8 Å². The van der Waals surface area contributed by atoms with Crippen LogP contribution in [0.3, 0.4) is 0 Å². The van der Waals surface area contributed by atoms with Crippen molar-refractivity contribution in [1.29, 1.82) is 0 Å². The zero-order chi connectivity index (χ0) is 24.8. The number of amides is 1. The maximum atomic E-state index is 12.7. The minimum Gasteiger partial charge on any atom is -0.480 e. The molecule has 35 heavy (non-hydrogen) atoms. The van der Waals surface area contributed by atoms with Crippen molar-refractivity contribution in [3.8, 4) is 17.1 Å². The molecule has 2 aromatic heterocycles. The molecule has 0 aliphatic rings. The third-order valence-corrected chi connectivity index (χ3v) is 6.64. The number of aromatic nitrogens is 4. The Hall–Kier alpha value is -3.69. The van der Waals surface area contributed by atoms with Gasteiger partial charge in [-0.1, -0.05) is 59.8 Å². The highest BCUT2D eigenvalue weighted by Gasteiger charge is 2.23. The van der Waals surface area contributed by atoms with Gasteiger partial charge >= 0.3 is 5.97 Å². The number of aliphatic carboxylic acids is 1. The standard InChI is InChI=1S/C25H22ClN5O3S/c1-16-19(26)8-5-9-21(16)31-23(18-10-12-27-13-11-18)29-30-25(31)35-15-22(32)28-20(24(33)34)14-17-6-3-2-4-7-17/h2-13,20H,14-15H2,1H3,(H,28,32)(H,33,34). The molecule has 4 aromatic rings. The zero-order valence-corrected chi connectivity index (χ0v) is 20.3. The lowest BCUT2D eigenvalue weighted by atomic mass is 10.1. The van der Waals surface area contributed by atoms with E-state index in [9.17, 15) is 14.7 Å². The molecule has 10 heteroatoms. The van der Waals surface area contributed by atoms with Crippen molar-refractivity contribution in [3.63, 3.8) is 0 Å². The van der Waals surface area contributed by atoms with Gasteiger partial charge in [0.2, 0.25) is 5.91 Å². The molecule has 1 amide bonds. The molecule has 0 aliphatic carbocycles. The van der Waals surface area contributed by atoms with Crippen LogP contribution >= 0.6 is 23.4 Å². The van der Waals surface area contributed by atoms with Crippen LogP contribution in [0.1, 0.15) is 11.1 Å². The highest BCUT2D eigenvalue weighted by Crippen LogP contribution is 2.31. The first-order chi connectivity index (χ1) is 16.9. The van der Waals surface area contributed by atoms with Gasteiger partial charge in [-0.2, -0.15) is 0 Å². The number of hydrogen-bond acceptors (Lipinski definition) is 6. The fourth-order valence-corrected chi connectivity index (χ4v) is 4.45. The van der Waals surface area contributed by atoms with Crippen LogP contribution in [0.2, 0.25) is 5.02 Å². The van der Waals surface area contributed by atoms with Crippen LogP contribution in [0.5, 0.6) is 0 Å². The Morgan fingerprint density at radius 1 is 1.06 bits per heavy atom. The molecule has 1 unspecified atom stereocenters. The number of carbonyl (C=O) groups excluding carboxylic acids is 1. The Kier molecular flexibility index (Phi) is 7.79. The summed E-state index contributed by atoms with van der Waals surface area (Å²) in [6.45, 7) is 1.90. The van der Waals surface area contributed by atoms with Gasteiger partial charge in [-0.25, -0.2) is 4.79 Å². The van der Waals surface area contributed by atoms with Gasteiger partial charge in [0, 0.05) is 29.4 Å². The first-order valence-corrected chi connectivity index (χ1v) is 12.1. The summed E-state index contributed by atoms with van der Waals surface area (Å²) < 4.78 is 1.84. The maximum absolute atomic E-state index is 12.7. The lowest BCUT2D eigenvalue weighted by Crippen LogP contribution is -2.43. The fraction of sp³-hybridized carbons (Fsp3) is 0.160. The first-order valence-electron chi connectivity index (χ1n) is 10.7. The lowest BCUT2D eigenvalue weighted by molar-refractivity contribution is -0.141. The Morgan fingerprint density at radius 3 is 2.51 bits per heavy atom. The number of halogens is 1. The van der Waals surface area contributed by atoms with E-state index >= 15 is 0 Å². The summed E-state index contributed by atoms with van der Waals surface area (Å²) in [5, 5.41) is 21.9. The van der Waals surface area contributed by atoms with E-state index in [1.807, 2.05) is 66.1 Å². The molecule has 178 valence electrons. The van der Waals surface area contributed by atoms with E-state index in [0.717, 1.165) is 22.4 Å². The second-order valence-corrected chi connectivity index (χ2v) is 9.05. The highest BCUT2D eigenvalue weighted by molar-refractivity contribution is 7.99. The van der Waals surface area contributed by atoms with Crippen LogP contribution < -0.4 is 5.32 Å². The van der Waals surface area contributed by atoms with E-state index in [-0.39, 0.29) is 12.2 Å². The third-order valence-electron chi connectivity index (χ3n) is 5.30. The minimum absolute atomic E-state index is 0.0351. The summed E-state index contributed by atoms with van der Waals surface area (Å²) in [4.78, 5) is 28.5. The van der Waals surface area contributed by atoms with Crippen LogP contribution in [0.15, 0.2) is 78.2 Å². The van der Waals surface area contributed by atoms with E-state index in [0.29, 0.717) is 16.0 Å². The van der Waals surface area contributed by atoms with Crippen molar-refractivity contribution < 1.29 is 14.7 Å². The molecule has 0 fully saturated rings. The number of pyridine rings is 1. The van der Waals surface area contributed by atoms with Gasteiger partial charge in [0.15, 0.2) is 11.0 Å². The number of carboxylic acids is 1. The lowest BCUT2D eigenvalue weighted by Gasteiger charge is -2.15. The molecule has 4 rings (SSSR count). The van der Waals surface area contributed by atoms with Crippen molar-refractivity contribution in [2.75, 3.05) is 5.75 Å². The SMILES string of the molecule is Cc1c(Cl)cccc1-n1c(SCC(=O)NC(Cc2ccccc2)C(=O)O)nnc1-c1ccncc1. The topological polar surface area (TPSA) is 110 Å². The van der Waals surface area contributed by atoms with Crippen molar-refractivity contribution in [2.24, 2.45) is 0 Å². The van der Waals surface area contributed by atoms with E-state index < -0.39 is 17.9 Å². The van der Waals surface area contributed by atoms with Gasteiger partial charge in [-0.3, -0.25) is 14.3 Å². The van der Waals surface area contributed by atoms with Crippen molar-refractivity contribution in [3.05, 3.63) is 89.2 Å². The van der Waals surface area contributed by atoms with Gasteiger partial charge in [-0.15, -0.1) is 10.2 Å². The molecule has 8 nitrogen and oxygen atoms in total. The maximum Gasteiger partial charge on any atom is 0.326 e. The van der Waals surface area contributed by atoms with Gasteiger partial charge < -0.3 is 10.4 Å². The molecule has 0 aliphatic heterocycles. The Labute approximate surface area is 211 Å². The average molecular weight is 508 g/mol. The largest absolute Gasteiger partial charge is 0.480 e. The second kappa shape index (κ2) is 11.2. The van der Waals surface area contributed by atoms with Gasteiger partial charge in [0.1, 0.15) is 6.04 Å². The van der Waals surface area contributed by atoms with Crippen LogP contribution in [0.4, 0.5) is 0 Å². The van der Waals surface area contributed by atoms with Crippen LogP contribution in [-0.4, -0.2) is 48.5 Å². The smallest absolute Gasteiger partial charge is 0.326 e. The van der Waals surface area contributed by atoms with Crippen molar-refractivity contribution in [2.45, 2.75) is 24.5 Å². The quantitative estimate of drug-likeness (QED) is 0.327. The Morgan fingerprint density at radius 2 is 1.80 bits per heavy atom. The molecule has 0 saturated carbocycles. The molecule has 2 heterocycles. The summed E-state index contributed by atoms with van der Waals surface area (Å²) >= 11 is 7.54. The van der Waals surface area contributed by atoms with Crippen LogP contribution in [-0.2, 0) is 16.0 Å². The number of rotatable bonds is 9. The molecule has 0 saturated heterocycles. The monoisotopic (exact) mass is 507 g/mol. The zero-order valence-electron chi connectivity index (χ0n) is 18.8. The minimum atomic E-state index is -1.09. The predicted molar refractivity (Wildman–Crippen MR) is 135 cm³/mol. The highest BCUT2D eigenvalue weighted by atomic mass is 35.5. The normalized spacial score (nSPS) is 11.7. The molecule has 0 spiro atoms. The van der Waals surface area contributed by atoms with Crippen molar-refractivity contribution >= 4 is 35.2 Å². The predicted octanol–water partition coefficient (Wildman–Crippen LogP) is 4.20. The summed E-state index contributed by atoms with van der Waals surface area (Å²) in [6.07, 6.45) is 3.52. The summed E-state index contributed by atoms with van der Waals surface area (Å²) in [5.74, 6) is -0.966. The molecule has 2 N–H and O–H groups in total. The first kappa shape index (κ1) is 24.4. The fourth-order valence-electron chi connectivity index (χ4n) is 3.52. The number of thioether (sulfide) groups is 1. The molecule has 0 bridgehead atoms. The Bertz CT molecular complexity index is 1330. The number of benzene rings is 2. The summed E-state index contributed by atoms with van der Waals surface area (Å²) in [7, 11) is 0. The molecule has 1 atom stereocenters. The van der Waals surface area contributed by atoms with Crippen LogP contribution in [0, 0.1) is 6.92 Å². The van der Waals surface area contributed by atoms with E-state index in [2.05, 4.69) is 20.5 Å². The van der Waals surface area contributed by atoms with Crippen molar-refractivity contribution in [1.82, 2.24) is 25.1 Å². The van der Waals surface area contributed by atoms with E-state index in [1.54, 1.807) is 18.5 Å².